The summed E-state index contributed by atoms with van der Waals surface area (Å²) in [5, 5.41) is 0. The second-order valence-corrected chi connectivity index (χ2v) is 4.06. The zero-order valence-electron chi connectivity index (χ0n) is 11.0. The van der Waals surface area contributed by atoms with Crippen molar-refractivity contribution in [1.82, 2.24) is 0 Å². The molecule has 0 unspecified atom stereocenters. The quantitative estimate of drug-likeness (QED) is 0.854. The van der Waals surface area contributed by atoms with E-state index in [0.717, 1.165) is 0 Å². The van der Waals surface area contributed by atoms with E-state index in [0.29, 0.717) is 34.3 Å². The van der Waals surface area contributed by atoms with Crippen LogP contribution in [0.2, 0.25) is 0 Å². The van der Waals surface area contributed by atoms with Gasteiger partial charge in [0.05, 0.1) is 25.8 Å². The van der Waals surface area contributed by atoms with Gasteiger partial charge >= 0.3 is 5.63 Å². The Hall–Kier alpha value is -2.63. The van der Waals surface area contributed by atoms with Crippen molar-refractivity contribution in [2.45, 2.75) is 0 Å². The van der Waals surface area contributed by atoms with E-state index in [2.05, 4.69) is 0 Å². The minimum absolute atomic E-state index is 0.136. The highest BCUT2D eigenvalue weighted by Crippen LogP contribution is 2.46. The van der Waals surface area contributed by atoms with E-state index >= 15 is 0 Å². The molecule has 0 radical (unpaired) electrons. The third-order valence-corrected chi connectivity index (χ3v) is 2.94. The molecule has 2 heterocycles. The van der Waals surface area contributed by atoms with Crippen molar-refractivity contribution in [1.29, 1.82) is 0 Å². The maximum absolute atomic E-state index is 11.5. The van der Waals surface area contributed by atoms with Gasteiger partial charge in [-0.05, 0) is 12.1 Å². The predicted molar refractivity (Wildman–Crippen MR) is 69.6 cm³/mol. The van der Waals surface area contributed by atoms with Crippen LogP contribution in [0.4, 0.5) is 0 Å². The maximum atomic E-state index is 11.5. The lowest BCUT2D eigenvalue weighted by atomic mass is 10.1. The number of hydrogen-bond acceptors (Lipinski definition) is 6. The zero-order valence-corrected chi connectivity index (χ0v) is 11.0. The summed E-state index contributed by atoms with van der Waals surface area (Å²) in [6.07, 6.45) is 0. The van der Waals surface area contributed by atoms with Crippen LogP contribution in [-0.2, 0) is 0 Å². The van der Waals surface area contributed by atoms with Crippen molar-refractivity contribution in [3.8, 4) is 34.3 Å². The van der Waals surface area contributed by atoms with E-state index in [1.54, 1.807) is 18.2 Å². The SMILES string of the molecule is COc1cc(-c2ccc3c(c2OC)OCO3)oc(=O)c1. The molecule has 0 aliphatic carbocycles. The normalized spacial score (nSPS) is 12.3. The van der Waals surface area contributed by atoms with Gasteiger partial charge in [0.1, 0.15) is 11.5 Å². The van der Waals surface area contributed by atoms with E-state index in [1.807, 2.05) is 0 Å². The van der Waals surface area contributed by atoms with Gasteiger partial charge in [0.15, 0.2) is 11.5 Å². The van der Waals surface area contributed by atoms with Crippen LogP contribution >= 0.6 is 0 Å². The van der Waals surface area contributed by atoms with Crippen molar-refractivity contribution in [2.24, 2.45) is 0 Å². The topological polar surface area (TPSA) is 67.1 Å². The summed E-state index contributed by atoms with van der Waals surface area (Å²) in [5.41, 5.74) is 0.0896. The van der Waals surface area contributed by atoms with E-state index in [-0.39, 0.29) is 6.79 Å². The Labute approximate surface area is 114 Å². The summed E-state index contributed by atoms with van der Waals surface area (Å²) < 4.78 is 26.3. The van der Waals surface area contributed by atoms with Crippen LogP contribution in [0.15, 0.2) is 33.5 Å². The molecular weight excluding hydrogens is 264 g/mol. The molecule has 0 amide bonds. The molecule has 0 N–H and O–H groups in total. The maximum Gasteiger partial charge on any atom is 0.339 e. The van der Waals surface area contributed by atoms with E-state index in [4.69, 9.17) is 23.4 Å². The standard InChI is InChI=1S/C14H12O6/c1-16-8-5-11(20-12(15)6-8)9-3-4-10-14(13(9)17-2)19-7-18-10/h3-6H,7H2,1-2H3. The predicted octanol–water partition coefficient (Wildman–Crippen LogP) is 2.05. The summed E-state index contributed by atoms with van der Waals surface area (Å²) in [4.78, 5) is 11.5. The summed E-state index contributed by atoms with van der Waals surface area (Å²) in [6.45, 7) is 0.136. The number of benzene rings is 1. The second-order valence-electron chi connectivity index (χ2n) is 4.06. The van der Waals surface area contributed by atoms with Crippen LogP contribution in [-0.4, -0.2) is 21.0 Å². The Morgan fingerprint density at radius 1 is 1.10 bits per heavy atom. The van der Waals surface area contributed by atoms with Crippen molar-refractivity contribution in [3.05, 3.63) is 34.7 Å². The van der Waals surface area contributed by atoms with E-state index in [9.17, 15) is 4.79 Å². The highest BCUT2D eigenvalue weighted by Gasteiger charge is 2.23. The van der Waals surface area contributed by atoms with Crippen LogP contribution in [0.1, 0.15) is 0 Å². The molecule has 0 atom stereocenters. The van der Waals surface area contributed by atoms with Crippen LogP contribution in [0.3, 0.4) is 0 Å². The van der Waals surface area contributed by atoms with Crippen LogP contribution in [0, 0.1) is 0 Å². The van der Waals surface area contributed by atoms with Gasteiger partial charge in [0.2, 0.25) is 12.5 Å². The molecule has 1 aliphatic heterocycles. The Bertz CT molecular complexity index is 703. The first-order valence-electron chi connectivity index (χ1n) is 5.89. The number of rotatable bonds is 3. The van der Waals surface area contributed by atoms with Gasteiger partial charge < -0.3 is 23.4 Å². The number of methoxy groups -OCH3 is 2. The average molecular weight is 276 g/mol. The van der Waals surface area contributed by atoms with Gasteiger partial charge in [0, 0.05) is 6.07 Å². The summed E-state index contributed by atoms with van der Waals surface area (Å²) in [5.74, 6) is 2.29. The lowest BCUT2D eigenvalue weighted by Crippen LogP contribution is -2.00. The highest BCUT2D eigenvalue weighted by atomic mass is 16.7. The summed E-state index contributed by atoms with van der Waals surface area (Å²) in [6, 6.07) is 6.36. The Balaban J connectivity index is 2.20. The fourth-order valence-electron chi connectivity index (χ4n) is 2.05. The first kappa shape index (κ1) is 12.4. The molecule has 104 valence electrons. The molecule has 20 heavy (non-hydrogen) atoms. The Morgan fingerprint density at radius 2 is 1.95 bits per heavy atom. The third-order valence-electron chi connectivity index (χ3n) is 2.94. The average Bonchev–Trinajstić information content (AvgIpc) is 2.93. The minimum atomic E-state index is -0.501. The summed E-state index contributed by atoms with van der Waals surface area (Å²) >= 11 is 0. The first-order valence-corrected chi connectivity index (χ1v) is 5.89. The molecule has 0 spiro atoms. The summed E-state index contributed by atoms with van der Waals surface area (Å²) in [7, 11) is 2.99. The second kappa shape index (κ2) is 4.80. The van der Waals surface area contributed by atoms with Crippen LogP contribution < -0.4 is 24.6 Å². The lowest BCUT2D eigenvalue weighted by molar-refractivity contribution is 0.171. The molecule has 3 rings (SSSR count). The van der Waals surface area contributed by atoms with Crippen LogP contribution in [0.25, 0.3) is 11.3 Å². The van der Waals surface area contributed by atoms with E-state index < -0.39 is 5.63 Å². The molecule has 0 fully saturated rings. The van der Waals surface area contributed by atoms with Crippen molar-refractivity contribution < 1.29 is 23.4 Å². The first-order chi connectivity index (χ1) is 9.72. The monoisotopic (exact) mass is 276 g/mol. The minimum Gasteiger partial charge on any atom is -0.496 e. The lowest BCUT2D eigenvalue weighted by Gasteiger charge is -2.10. The molecule has 0 saturated heterocycles. The van der Waals surface area contributed by atoms with E-state index in [1.165, 1.54) is 20.3 Å². The Morgan fingerprint density at radius 3 is 2.70 bits per heavy atom. The fourth-order valence-corrected chi connectivity index (χ4v) is 2.05. The number of ether oxygens (including phenoxy) is 4. The van der Waals surface area contributed by atoms with Gasteiger partial charge in [-0.3, -0.25) is 0 Å². The largest absolute Gasteiger partial charge is 0.496 e. The molecule has 2 aromatic rings. The van der Waals surface area contributed by atoms with Gasteiger partial charge in [-0.2, -0.15) is 0 Å². The van der Waals surface area contributed by atoms with Gasteiger partial charge in [-0.25, -0.2) is 4.79 Å². The molecule has 1 aliphatic rings. The smallest absolute Gasteiger partial charge is 0.339 e. The highest BCUT2D eigenvalue weighted by molar-refractivity contribution is 5.74. The van der Waals surface area contributed by atoms with Gasteiger partial charge in [-0.1, -0.05) is 0 Å². The van der Waals surface area contributed by atoms with Crippen LogP contribution in [0.5, 0.6) is 23.0 Å². The van der Waals surface area contributed by atoms with Gasteiger partial charge in [0.25, 0.3) is 0 Å². The molecule has 6 nitrogen and oxygen atoms in total. The molecule has 1 aromatic heterocycles. The van der Waals surface area contributed by atoms with Gasteiger partial charge in [-0.15, -0.1) is 0 Å². The Kier molecular flexibility index (Phi) is 2.98. The fraction of sp³-hybridized carbons (Fsp3) is 0.214. The number of fused-ring (bicyclic) bond motifs is 1. The van der Waals surface area contributed by atoms with Crippen molar-refractivity contribution >= 4 is 0 Å². The van der Waals surface area contributed by atoms with Crippen molar-refractivity contribution in [2.75, 3.05) is 21.0 Å². The molecule has 0 bridgehead atoms. The molecule has 1 aromatic carbocycles. The molecule has 6 heteroatoms. The molecular formula is C14H12O6. The number of hydrogen-bond donors (Lipinski definition) is 0. The van der Waals surface area contributed by atoms with Crippen molar-refractivity contribution in [3.63, 3.8) is 0 Å². The zero-order chi connectivity index (χ0) is 14.1. The molecule has 0 saturated carbocycles. The third kappa shape index (κ3) is 1.95.